The van der Waals surface area contributed by atoms with Crippen LogP contribution in [0.25, 0.3) is 0 Å². The molecule has 7 nitrogen and oxygen atoms in total. The summed E-state index contributed by atoms with van der Waals surface area (Å²) in [5, 5.41) is 11.8. The van der Waals surface area contributed by atoms with Crippen LogP contribution in [-0.2, 0) is 4.79 Å². The first kappa shape index (κ1) is 20.6. The summed E-state index contributed by atoms with van der Waals surface area (Å²) in [4.78, 5) is 49.9. The molecule has 0 fully saturated rings. The molecule has 0 aliphatic carbocycles. The van der Waals surface area contributed by atoms with E-state index >= 15 is 0 Å². The van der Waals surface area contributed by atoms with Gasteiger partial charge in [-0.15, -0.1) is 0 Å². The van der Waals surface area contributed by atoms with Crippen LogP contribution in [0, 0.1) is 0 Å². The number of nitrogens with zero attached hydrogens (tertiary/aromatic N) is 1. The maximum absolute atomic E-state index is 12.5. The SMILES string of the molecule is CCSCCC(NC(=O)c1ccc(N2C(=O)c3ccccc3C2=O)cc1)C(=O)O. The number of imide groups is 1. The van der Waals surface area contributed by atoms with E-state index < -0.39 is 29.7 Å². The Hall–Kier alpha value is -3.13. The summed E-state index contributed by atoms with van der Waals surface area (Å²) in [7, 11) is 0. The second kappa shape index (κ2) is 8.91. The molecular weight excluding hydrogens is 392 g/mol. The molecule has 3 rings (SSSR count). The summed E-state index contributed by atoms with van der Waals surface area (Å²) in [6.45, 7) is 1.98. The Morgan fingerprint density at radius 2 is 1.62 bits per heavy atom. The van der Waals surface area contributed by atoms with Crippen LogP contribution in [0.5, 0.6) is 0 Å². The molecule has 0 radical (unpaired) electrons. The fourth-order valence-corrected chi connectivity index (χ4v) is 3.72. The Kier molecular flexibility index (Phi) is 6.33. The number of hydrogen-bond donors (Lipinski definition) is 2. The molecule has 0 saturated carbocycles. The number of carboxylic acid groups (broad SMARTS) is 1. The van der Waals surface area contributed by atoms with E-state index in [1.165, 1.54) is 24.3 Å². The lowest BCUT2D eigenvalue weighted by atomic mass is 10.1. The maximum atomic E-state index is 12.5. The van der Waals surface area contributed by atoms with Gasteiger partial charge in [-0.1, -0.05) is 19.1 Å². The number of fused-ring (bicyclic) bond motifs is 1. The predicted molar refractivity (Wildman–Crippen MR) is 111 cm³/mol. The Balaban J connectivity index is 1.72. The Bertz CT molecular complexity index is 923. The number of carboxylic acids is 1. The lowest BCUT2D eigenvalue weighted by Crippen LogP contribution is -2.41. The van der Waals surface area contributed by atoms with Gasteiger partial charge in [-0.05, 0) is 54.3 Å². The fourth-order valence-electron chi connectivity index (χ4n) is 3.03. The number of rotatable bonds is 8. The Morgan fingerprint density at radius 1 is 1.03 bits per heavy atom. The molecule has 1 aliphatic rings. The summed E-state index contributed by atoms with van der Waals surface area (Å²) in [6, 6.07) is 11.5. The molecule has 1 unspecified atom stereocenters. The Labute approximate surface area is 172 Å². The van der Waals surface area contributed by atoms with Gasteiger partial charge in [0.15, 0.2) is 0 Å². The minimum Gasteiger partial charge on any atom is -0.480 e. The van der Waals surface area contributed by atoms with E-state index in [9.17, 15) is 24.3 Å². The van der Waals surface area contributed by atoms with E-state index in [0.29, 0.717) is 29.0 Å². The van der Waals surface area contributed by atoms with Gasteiger partial charge >= 0.3 is 5.97 Å². The van der Waals surface area contributed by atoms with Crippen molar-refractivity contribution in [2.24, 2.45) is 0 Å². The first-order valence-electron chi connectivity index (χ1n) is 9.13. The van der Waals surface area contributed by atoms with E-state index in [1.54, 1.807) is 36.0 Å². The van der Waals surface area contributed by atoms with E-state index in [0.717, 1.165) is 10.7 Å². The Morgan fingerprint density at radius 3 is 2.14 bits per heavy atom. The van der Waals surface area contributed by atoms with Crippen LogP contribution in [0.3, 0.4) is 0 Å². The number of carbonyl (C=O) groups is 4. The number of nitrogens with one attached hydrogen (secondary N) is 1. The summed E-state index contributed by atoms with van der Waals surface area (Å²) >= 11 is 1.60. The monoisotopic (exact) mass is 412 g/mol. The van der Waals surface area contributed by atoms with Crippen molar-refractivity contribution in [3.8, 4) is 0 Å². The molecule has 0 aromatic heterocycles. The molecule has 29 heavy (non-hydrogen) atoms. The van der Waals surface area contributed by atoms with Crippen molar-refractivity contribution in [1.82, 2.24) is 5.32 Å². The van der Waals surface area contributed by atoms with Gasteiger partial charge in [0.05, 0.1) is 16.8 Å². The maximum Gasteiger partial charge on any atom is 0.326 e. The molecule has 2 aromatic carbocycles. The van der Waals surface area contributed by atoms with Gasteiger partial charge in [-0.2, -0.15) is 11.8 Å². The molecule has 2 N–H and O–H groups in total. The predicted octanol–water partition coefficient (Wildman–Crippen LogP) is 2.81. The van der Waals surface area contributed by atoms with E-state index in [-0.39, 0.29) is 5.56 Å². The number of benzene rings is 2. The quantitative estimate of drug-likeness (QED) is 0.510. The normalized spacial score (nSPS) is 13.9. The van der Waals surface area contributed by atoms with Crippen molar-refractivity contribution in [1.29, 1.82) is 0 Å². The number of aliphatic carboxylic acids is 1. The molecule has 1 heterocycles. The molecule has 150 valence electrons. The number of amides is 3. The number of anilines is 1. The third-order valence-electron chi connectivity index (χ3n) is 4.54. The standard InChI is InChI=1S/C21H20N2O5S/c1-2-29-12-11-17(21(27)28)22-18(24)13-7-9-14(10-8-13)23-19(25)15-5-3-4-6-16(15)20(23)26/h3-10,17H,2,11-12H2,1H3,(H,22,24)(H,27,28). The molecule has 1 aliphatic heterocycles. The van der Waals surface area contributed by atoms with E-state index in [2.05, 4.69) is 5.32 Å². The molecule has 1 atom stereocenters. The lowest BCUT2D eigenvalue weighted by molar-refractivity contribution is -0.139. The van der Waals surface area contributed by atoms with Crippen LogP contribution < -0.4 is 10.2 Å². The average molecular weight is 412 g/mol. The summed E-state index contributed by atoms with van der Waals surface area (Å²) in [5.74, 6) is -0.929. The fraction of sp³-hybridized carbons (Fsp3) is 0.238. The van der Waals surface area contributed by atoms with Crippen molar-refractivity contribution >= 4 is 41.1 Å². The smallest absolute Gasteiger partial charge is 0.326 e. The minimum atomic E-state index is -1.09. The third kappa shape index (κ3) is 4.32. The lowest BCUT2D eigenvalue weighted by Gasteiger charge is -2.16. The van der Waals surface area contributed by atoms with Crippen LogP contribution in [0.1, 0.15) is 44.4 Å². The van der Waals surface area contributed by atoms with Crippen LogP contribution in [0.4, 0.5) is 5.69 Å². The zero-order valence-corrected chi connectivity index (χ0v) is 16.6. The van der Waals surface area contributed by atoms with Crippen LogP contribution in [0.15, 0.2) is 48.5 Å². The highest BCUT2D eigenvalue weighted by Gasteiger charge is 2.36. The minimum absolute atomic E-state index is 0.250. The van der Waals surface area contributed by atoms with Crippen molar-refractivity contribution in [2.45, 2.75) is 19.4 Å². The van der Waals surface area contributed by atoms with Gasteiger partial charge in [-0.3, -0.25) is 14.4 Å². The van der Waals surface area contributed by atoms with E-state index in [4.69, 9.17) is 0 Å². The second-order valence-electron chi connectivity index (χ2n) is 6.39. The summed E-state index contributed by atoms with van der Waals surface area (Å²) in [6.07, 6.45) is 0.326. The highest BCUT2D eigenvalue weighted by molar-refractivity contribution is 7.99. The molecule has 3 amide bonds. The van der Waals surface area contributed by atoms with Gasteiger partial charge < -0.3 is 10.4 Å². The van der Waals surface area contributed by atoms with Crippen molar-refractivity contribution in [2.75, 3.05) is 16.4 Å². The van der Waals surface area contributed by atoms with Crippen LogP contribution in [-0.4, -0.2) is 46.3 Å². The molecule has 2 aromatic rings. The zero-order chi connectivity index (χ0) is 21.0. The second-order valence-corrected chi connectivity index (χ2v) is 7.78. The molecular formula is C21H20N2O5S. The first-order valence-corrected chi connectivity index (χ1v) is 10.3. The van der Waals surface area contributed by atoms with Crippen LogP contribution in [0.2, 0.25) is 0 Å². The van der Waals surface area contributed by atoms with Crippen molar-refractivity contribution < 1.29 is 24.3 Å². The van der Waals surface area contributed by atoms with Gasteiger partial charge in [0.25, 0.3) is 17.7 Å². The first-order chi connectivity index (χ1) is 13.9. The summed E-state index contributed by atoms with van der Waals surface area (Å²) < 4.78 is 0. The molecule has 8 heteroatoms. The molecule has 0 spiro atoms. The average Bonchev–Trinajstić information content (AvgIpc) is 2.98. The number of carbonyl (C=O) groups excluding carboxylic acids is 3. The van der Waals surface area contributed by atoms with Crippen molar-refractivity contribution in [3.05, 3.63) is 65.2 Å². The van der Waals surface area contributed by atoms with Gasteiger partial charge in [0.1, 0.15) is 6.04 Å². The van der Waals surface area contributed by atoms with Gasteiger partial charge in [-0.25, -0.2) is 9.69 Å². The molecule has 0 saturated heterocycles. The van der Waals surface area contributed by atoms with Crippen LogP contribution >= 0.6 is 11.8 Å². The molecule has 0 bridgehead atoms. The zero-order valence-electron chi connectivity index (χ0n) is 15.8. The topological polar surface area (TPSA) is 104 Å². The largest absolute Gasteiger partial charge is 0.480 e. The number of hydrogen-bond acceptors (Lipinski definition) is 5. The number of thioether (sulfide) groups is 1. The summed E-state index contributed by atoms with van der Waals surface area (Å²) in [5.41, 5.74) is 1.28. The van der Waals surface area contributed by atoms with Gasteiger partial charge in [0, 0.05) is 5.56 Å². The van der Waals surface area contributed by atoms with E-state index in [1.807, 2.05) is 6.92 Å². The van der Waals surface area contributed by atoms with Gasteiger partial charge in [0.2, 0.25) is 0 Å². The third-order valence-corrected chi connectivity index (χ3v) is 5.47. The van der Waals surface area contributed by atoms with Crippen molar-refractivity contribution in [3.63, 3.8) is 0 Å². The highest BCUT2D eigenvalue weighted by Crippen LogP contribution is 2.28. The highest BCUT2D eigenvalue weighted by atomic mass is 32.2.